The summed E-state index contributed by atoms with van der Waals surface area (Å²) in [7, 11) is 1.93. The molecule has 1 aromatic carbocycles. The van der Waals surface area contributed by atoms with Crippen molar-refractivity contribution >= 4 is 27.7 Å². The number of thioether (sulfide) groups is 1. The van der Waals surface area contributed by atoms with Crippen molar-refractivity contribution in [2.75, 3.05) is 0 Å². The smallest absolute Gasteiger partial charge is 0.0626 e. The number of aromatic nitrogens is 2. The first-order valence-corrected chi connectivity index (χ1v) is 7.93. The highest BCUT2D eigenvalue weighted by atomic mass is 79.9. The Morgan fingerprint density at radius 2 is 2.26 bits per heavy atom. The van der Waals surface area contributed by atoms with Gasteiger partial charge in [0.1, 0.15) is 0 Å². The molecule has 0 aliphatic rings. The average molecular weight is 340 g/mol. The van der Waals surface area contributed by atoms with Crippen molar-refractivity contribution in [2.45, 2.75) is 29.5 Å². The number of benzene rings is 1. The molecule has 0 aliphatic carbocycles. The number of halogens is 1. The molecule has 2 N–H and O–H groups in total. The van der Waals surface area contributed by atoms with E-state index in [0.29, 0.717) is 0 Å². The van der Waals surface area contributed by atoms with Gasteiger partial charge in [0.15, 0.2) is 0 Å². The third-order valence-corrected chi connectivity index (χ3v) is 4.83. The summed E-state index contributed by atoms with van der Waals surface area (Å²) in [6, 6.07) is 8.49. The summed E-state index contributed by atoms with van der Waals surface area (Å²) in [4.78, 5) is 1.15. The second-order valence-corrected chi connectivity index (χ2v) is 6.65. The average Bonchev–Trinajstić information content (AvgIpc) is 2.80. The lowest BCUT2D eigenvalue weighted by molar-refractivity contribution is 0.634. The molecule has 0 saturated heterocycles. The van der Waals surface area contributed by atoms with Crippen LogP contribution in [-0.2, 0) is 7.05 Å². The molecule has 0 radical (unpaired) electrons. The Hall–Kier alpha value is -0.780. The summed E-state index contributed by atoms with van der Waals surface area (Å²) in [5.74, 6) is 0. The zero-order valence-corrected chi connectivity index (χ0v) is 13.5. The van der Waals surface area contributed by atoms with Gasteiger partial charge in [-0.3, -0.25) is 4.68 Å². The van der Waals surface area contributed by atoms with Gasteiger partial charge < -0.3 is 5.73 Å². The van der Waals surface area contributed by atoms with Gasteiger partial charge in [-0.05, 0) is 24.1 Å². The van der Waals surface area contributed by atoms with Crippen LogP contribution in [0.4, 0.5) is 0 Å². The number of rotatable bonds is 5. The van der Waals surface area contributed by atoms with E-state index in [9.17, 15) is 0 Å². The van der Waals surface area contributed by atoms with Gasteiger partial charge in [0.2, 0.25) is 0 Å². The molecule has 0 fully saturated rings. The number of nitrogens with zero attached hydrogens (tertiary/aromatic N) is 2. The van der Waals surface area contributed by atoms with Gasteiger partial charge in [-0.1, -0.05) is 35.0 Å². The first-order valence-electron chi connectivity index (χ1n) is 6.26. The van der Waals surface area contributed by atoms with Crippen molar-refractivity contribution in [1.82, 2.24) is 9.78 Å². The molecule has 0 amide bonds. The molecular formula is C14H18BrN3S. The van der Waals surface area contributed by atoms with Crippen LogP contribution in [-0.4, -0.2) is 15.8 Å². The van der Waals surface area contributed by atoms with Crippen molar-refractivity contribution < 1.29 is 0 Å². The van der Waals surface area contributed by atoms with Crippen molar-refractivity contribution in [3.05, 3.63) is 46.7 Å². The van der Waals surface area contributed by atoms with Gasteiger partial charge in [0.05, 0.1) is 6.20 Å². The molecule has 0 aliphatic heterocycles. The molecule has 2 atom stereocenters. The molecule has 1 heterocycles. The normalized spacial score (nSPS) is 14.3. The topological polar surface area (TPSA) is 43.8 Å². The summed E-state index contributed by atoms with van der Waals surface area (Å²) in [5, 5.41) is 4.45. The second-order valence-electron chi connectivity index (χ2n) is 4.52. The van der Waals surface area contributed by atoms with Gasteiger partial charge in [-0.2, -0.15) is 5.10 Å². The Morgan fingerprint density at radius 3 is 2.84 bits per heavy atom. The molecule has 0 bridgehead atoms. The number of nitrogens with two attached hydrogens (primary N) is 1. The Morgan fingerprint density at radius 1 is 1.47 bits per heavy atom. The van der Waals surface area contributed by atoms with Gasteiger partial charge in [-0.25, -0.2) is 0 Å². The predicted octanol–water partition coefficient (Wildman–Crippen LogP) is 3.75. The van der Waals surface area contributed by atoms with E-state index < -0.39 is 0 Å². The summed E-state index contributed by atoms with van der Waals surface area (Å²) in [6.07, 6.45) is 4.86. The minimum absolute atomic E-state index is 0.125. The standard InChI is InChI=1S/C14H18BrN3S/c1-3-13(16)14(10-5-4-6-11(15)7-10)19-12-8-17-18(2)9-12/h4-9,13-14H,3,16H2,1-2H3. The molecule has 5 heteroatoms. The highest BCUT2D eigenvalue weighted by Gasteiger charge is 2.20. The third kappa shape index (κ3) is 3.84. The largest absolute Gasteiger partial charge is 0.326 e. The minimum atomic E-state index is 0.125. The van der Waals surface area contributed by atoms with E-state index in [2.05, 4.69) is 46.2 Å². The Kier molecular flexibility index (Phi) is 5.07. The first kappa shape index (κ1) is 14.6. The Bertz CT molecular complexity index is 541. The van der Waals surface area contributed by atoms with Crippen LogP contribution in [0.3, 0.4) is 0 Å². The maximum Gasteiger partial charge on any atom is 0.0626 e. The van der Waals surface area contributed by atoms with Crippen LogP contribution in [0.15, 0.2) is 46.0 Å². The zero-order chi connectivity index (χ0) is 13.8. The van der Waals surface area contributed by atoms with Crippen molar-refractivity contribution in [3.8, 4) is 0 Å². The minimum Gasteiger partial charge on any atom is -0.326 e. The highest BCUT2D eigenvalue weighted by Crippen LogP contribution is 2.38. The van der Waals surface area contributed by atoms with Crippen LogP contribution in [0, 0.1) is 0 Å². The van der Waals surface area contributed by atoms with E-state index in [1.807, 2.05) is 30.2 Å². The molecule has 102 valence electrons. The lowest BCUT2D eigenvalue weighted by atomic mass is 10.0. The van der Waals surface area contributed by atoms with Gasteiger partial charge in [-0.15, -0.1) is 11.8 Å². The van der Waals surface area contributed by atoms with Crippen LogP contribution in [0.2, 0.25) is 0 Å². The molecule has 2 unspecified atom stereocenters. The van der Waals surface area contributed by atoms with E-state index in [-0.39, 0.29) is 11.3 Å². The van der Waals surface area contributed by atoms with Crippen molar-refractivity contribution in [1.29, 1.82) is 0 Å². The predicted molar refractivity (Wildman–Crippen MR) is 84.2 cm³/mol. The number of hydrogen-bond donors (Lipinski definition) is 1. The maximum atomic E-state index is 6.29. The maximum absolute atomic E-state index is 6.29. The van der Waals surface area contributed by atoms with E-state index in [1.165, 1.54) is 5.56 Å². The van der Waals surface area contributed by atoms with Gasteiger partial charge >= 0.3 is 0 Å². The van der Waals surface area contributed by atoms with Crippen LogP contribution in [0.25, 0.3) is 0 Å². The fourth-order valence-corrected chi connectivity index (χ4v) is 3.59. The summed E-state index contributed by atoms with van der Waals surface area (Å²) in [5.41, 5.74) is 7.54. The van der Waals surface area contributed by atoms with E-state index >= 15 is 0 Å². The van der Waals surface area contributed by atoms with E-state index in [4.69, 9.17) is 5.73 Å². The molecule has 19 heavy (non-hydrogen) atoms. The summed E-state index contributed by atoms with van der Waals surface area (Å²) >= 11 is 5.30. The molecule has 0 saturated carbocycles. The van der Waals surface area contributed by atoms with Crippen molar-refractivity contribution in [3.63, 3.8) is 0 Å². The van der Waals surface area contributed by atoms with Crippen molar-refractivity contribution in [2.24, 2.45) is 12.8 Å². The van der Waals surface area contributed by atoms with Gasteiger partial charge in [0, 0.05) is 33.9 Å². The summed E-state index contributed by atoms with van der Waals surface area (Å²) in [6.45, 7) is 2.12. The molecule has 1 aromatic heterocycles. The van der Waals surface area contributed by atoms with Crippen LogP contribution < -0.4 is 5.73 Å². The molecule has 2 rings (SSSR count). The molecule has 3 nitrogen and oxygen atoms in total. The fraction of sp³-hybridized carbons (Fsp3) is 0.357. The van der Waals surface area contributed by atoms with E-state index in [0.717, 1.165) is 15.8 Å². The quantitative estimate of drug-likeness (QED) is 0.843. The number of aryl methyl sites for hydroxylation is 1. The SMILES string of the molecule is CCC(N)C(Sc1cnn(C)c1)c1cccc(Br)c1. The molecular weight excluding hydrogens is 322 g/mol. The van der Waals surface area contributed by atoms with Gasteiger partial charge in [0.25, 0.3) is 0 Å². The lowest BCUT2D eigenvalue weighted by Crippen LogP contribution is -2.25. The van der Waals surface area contributed by atoms with E-state index in [1.54, 1.807) is 11.8 Å². The first-order chi connectivity index (χ1) is 9.10. The second kappa shape index (κ2) is 6.59. The van der Waals surface area contributed by atoms with Crippen LogP contribution >= 0.6 is 27.7 Å². The van der Waals surface area contributed by atoms with Crippen LogP contribution in [0.1, 0.15) is 24.2 Å². The highest BCUT2D eigenvalue weighted by molar-refractivity contribution is 9.10. The monoisotopic (exact) mass is 339 g/mol. The fourth-order valence-electron chi connectivity index (χ4n) is 1.91. The third-order valence-electron chi connectivity index (χ3n) is 2.98. The Labute approximate surface area is 126 Å². The molecule has 2 aromatic rings. The number of hydrogen-bond acceptors (Lipinski definition) is 3. The Balaban J connectivity index is 2.25. The summed E-state index contributed by atoms with van der Waals surface area (Å²) < 4.78 is 2.91. The van der Waals surface area contributed by atoms with Crippen LogP contribution in [0.5, 0.6) is 0 Å². The zero-order valence-electron chi connectivity index (χ0n) is 11.1. The lowest BCUT2D eigenvalue weighted by Gasteiger charge is -2.22. The molecule has 0 spiro atoms.